The van der Waals surface area contributed by atoms with Gasteiger partial charge in [-0.05, 0) is 35.9 Å². The van der Waals surface area contributed by atoms with E-state index in [2.05, 4.69) is 21.0 Å². The predicted molar refractivity (Wildman–Crippen MR) is 79.1 cm³/mol. The Hall–Kier alpha value is -2.22. The first-order valence-corrected chi connectivity index (χ1v) is 6.70. The number of ether oxygens (including phenoxy) is 2. The average molecular weight is 313 g/mol. The Morgan fingerprint density at radius 2 is 2.14 bits per heavy atom. The van der Waals surface area contributed by atoms with Crippen LogP contribution in [0.1, 0.15) is 19.4 Å². The third-order valence-corrected chi connectivity index (χ3v) is 2.96. The molecule has 21 heavy (non-hydrogen) atoms. The number of nitrogens with one attached hydrogen (secondary N) is 1. The quantitative estimate of drug-likeness (QED) is 0.832. The number of hydrogen-bond donors (Lipinski definition) is 2. The fourth-order valence-corrected chi connectivity index (χ4v) is 1.91. The average Bonchev–Trinajstić information content (AvgIpc) is 2.83. The number of nitrogen functional groups attached to an aromatic ring is 1. The fraction of sp³-hybridized carbons (Fsp3) is 0.417. The van der Waals surface area contributed by atoms with E-state index in [1.54, 1.807) is 19.2 Å². The minimum atomic E-state index is 0.0277. The van der Waals surface area contributed by atoms with Crippen molar-refractivity contribution in [2.24, 2.45) is 0 Å². The van der Waals surface area contributed by atoms with Crippen LogP contribution in [0.2, 0.25) is 5.02 Å². The molecular weight excluding hydrogens is 296 g/mol. The van der Waals surface area contributed by atoms with Gasteiger partial charge in [-0.25, -0.2) is 0 Å². The van der Waals surface area contributed by atoms with Crippen LogP contribution in [0, 0.1) is 0 Å². The van der Waals surface area contributed by atoms with Crippen LogP contribution in [0.15, 0.2) is 12.1 Å². The summed E-state index contributed by atoms with van der Waals surface area (Å²) in [5.74, 6) is 1.37. The van der Waals surface area contributed by atoms with Crippen molar-refractivity contribution in [1.82, 2.24) is 20.3 Å². The zero-order chi connectivity index (χ0) is 15.4. The predicted octanol–water partition coefficient (Wildman–Crippen LogP) is 1.45. The first-order chi connectivity index (χ1) is 10.0. The van der Waals surface area contributed by atoms with E-state index >= 15 is 0 Å². The Balaban J connectivity index is 2.18. The van der Waals surface area contributed by atoms with Crippen LogP contribution in [0.25, 0.3) is 0 Å². The van der Waals surface area contributed by atoms with Gasteiger partial charge in [0.25, 0.3) is 5.95 Å². The zero-order valence-electron chi connectivity index (χ0n) is 12.0. The van der Waals surface area contributed by atoms with Crippen LogP contribution in [0.5, 0.6) is 11.5 Å². The number of methoxy groups -OCH3 is 1. The highest BCUT2D eigenvalue weighted by Gasteiger charge is 2.12. The summed E-state index contributed by atoms with van der Waals surface area (Å²) in [5.41, 5.74) is 9.31. The van der Waals surface area contributed by atoms with Crippen LogP contribution in [0.3, 0.4) is 0 Å². The van der Waals surface area contributed by atoms with E-state index < -0.39 is 0 Å². The molecule has 0 atom stereocenters. The number of rotatable bonds is 6. The lowest BCUT2D eigenvalue weighted by Gasteiger charge is -2.16. The van der Waals surface area contributed by atoms with Crippen LogP contribution in [0.4, 0.5) is 5.95 Å². The van der Waals surface area contributed by atoms with Crippen LogP contribution >= 0.6 is 11.6 Å². The molecule has 3 N–H and O–H groups in total. The lowest BCUT2D eigenvalue weighted by Crippen LogP contribution is -2.18. The molecule has 0 saturated heterocycles. The Morgan fingerprint density at radius 3 is 2.71 bits per heavy atom. The van der Waals surface area contributed by atoms with Crippen molar-refractivity contribution < 1.29 is 9.47 Å². The van der Waals surface area contributed by atoms with Crippen molar-refractivity contribution in [1.29, 1.82) is 0 Å². The molecule has 1 aromatic heterocycles. The van der Waals surface area contributed by atoms with E-state index in [1.807, 2.05) is 13.8 Å². The van der Waals surface area contributed by atoms with E-state index in [4.69, 9.17) is 26.8 Å². The molecule has 0 radical (unpaired) electrons. The third-order valence-electron chi connectivity index (χ3n) is 2.61. The second kappa shape index (κ2) is 6.49. The zero-order valence-corrected chi connectivity index (χ0v) is 12.8. The van der Waals surface area contributed by atoms with Crippen LogP contribution < -0.4 is 20.6 Å². The van der Waals surface area contributed by atoms with E-state index in [-0.39, 0.29) is 12.1 Å². The molecule has 0 bridgehead atoms. The standard InChI is InChI=1S/C12H17ClN6O2/c1-7(2)21-11-5-9(13)8(4-10(11)20-3)6-15-19-12(14)16-17-18-19/h4-5,7,15H,6H2,1-3H3,(H2,14,16,18). The third kappa shape index (κ3) is 3.66. The van der Waals surface area contributed by atoms with Crippen molar-refractivity contribution in [3.05, 3.63) is 22.7 Å². The van der Waals surface area contributed by atoms with Gasteiger partial charge < -0.3 is 20.6 Å². The number of benzene rings is 1. The maximum absolute atomic E-state index is 6.25. The van der Waals surface area contributed by atoms with Crippen molar-refractivity contribution >= 4 is 17.5 Å². The largest absolute Gasteiger partial charge is 0.493 e. The summed E-state index contributed by atoms with van der Waals surface area (Å²) in [6, 6.07) is 3.52. The molecule has 2 aromatic rings. The number of aromatic nitrogens is 4. The maximum atomic E-state index is 6.25. The molecule has 0 saturated carbocycles. The smallest absolute Gasteiger partial charge is 0.260 e. The monoisotopic (exact) mass is 312 g/mol. The Labute approximate surface area is 127 Å². The summed E-state index contributed by atoms with van der Waals surface area (Å²) in [6.07, 6.45) is 0.0277. The first-order valence-electron chi connectivity index (χ1n) is 6.32. The van der Waals surface area contributed by atoms with Crippen molar-refractivity contribution in [2.75, 3.05) is 18.3 Å². The number of nitrogens with two attached hydrogens (primary N) is 1. The van der Waals surface area contributed by atoms with Gasteiger partial charge in [0, 0.05) is 11.1 Å². The summed E-state index contributed by atoms with van der Waals surface area (Å²) < 4.78 is 11.0. The van der Waals surface area contributed by atoms with Gasteiger partial charge in [-0.15, -0.1) is 4.79 Å². The minimum Gasteiger partial charge on any atom is -0.493 e. The van der Waals surface area contributed by atoms with E-state index in [0.717, 1.165) is 5.56 Å². The van der Waals surface area contributed by atoms with Gasteiger partial charge in [0.1, 0.15) is 0 Å². The highest BCUT2D eigenvalue weighted by molar-refractivity contribution is 6.31. The molecule has 114 valence electrons. The van der Waals surface area contributed by atoms with E-state index in [1.165, 1.54) is 4.79 Å². The summed E-state index contributed by atoms with van der Waals surface area (Å²) >= 11 is 6.25. The molecule has 1 heterocycles. The summed E-state index contributed by atoms with van der Waals surface area (Å²) in [5, 5.41) is 11.2. The Morgan fingerprint density at radius 1 is 1.38 bits per heavy atom. The maximum Gasteiger partial charge on any atom is 0.260 e. The minimum absolute atomic E-state index is 0.0277. The Kier molecular flexibility index (Phi) is 4.69. The molecular formula is C12H17ClN6O2. The molecule has 0 aliphatic rings. The van der Waals surface area contributed by atoms with Crippen molar-refractivity contribution in [3.8, 4) is 11.5 Å². The SMILES string of the molecule is COc1cc(CNn2nnnc2N)c(Cl)cc1OC(C)C. The topological polar surface area (TPSA) is 100 Å². The molecule has 0 aliphatic heterocycles. The molecule has 0 spiro atoms. The van der Waals surface area contributed by atoms with Gasteiger partial charge in [-0.1, -0.05) is 16.7 Å². The van der Waals surface area contributed by atoms with Gasteiger partial charge in [0.15, 0.2) is 11.5 Å². The summed E-state index contributed by atoms with van der Waals surface area (Å²) in [4.78, 5) is 1.27. The molecule has 0 aliphatic carbocycles. The molecule has 0 amide bonds. The number of anilines is 1. The van der Waals surface area contributed by atoms with Gasteiger partial charge in [-0.2, -0.15) is 0 Å². The van der Waals surface area contributed by atoms with Crippen molar-refractivity contribution in [2.45, 2.75) is 26.5 Å². The fourth-order valence-electron chi connectivity index (χ4n) is 1.68. The van der Waals surface area contributed by atoms with E-state index in [0.29, 0.717) is 23.1 Å². The van der Waals surface area contributed by atoms with Crippen LogP contribution in [-0.4, -0.2) is 33.5 Å². The highest BCUT2D eigenvalue weighted by atomic mass is 35.5. The Bertz CT molecular complexity index is 616. The summed E-state index contributed by atoms with van der Waals surface area (Å²) in [7, 11) is 1.58. The van der Waals surface area contributed by atoms with E-state index in [9.17, 15) is 0 Å². The molecule has 0 fully saturated rings. The highest BCUT2D eigenvalue weighted by Crippen LogP contribution is 2.34. The number of hydrogen-bond acceptors (Lipinski definition) is 7. The second-order valence-corrected chi connectivity index (χ2v) is 4.95. The lowest BCUT2D eigenvalue weighted by atomic mass is 10.2. The van der Waals surface area contributed by atoms with Gasteiger partial charge >= 0.3 is 0 Å². The number of nitrogens with zero attached hydrogens (tertiary/aromatic N) is 4. The van der Waals surface area contributed by atoms with Crippen LogP contribution in [-0.2, 0) is 6.54 Å². The number of tetrazole rings is 1. The molecule has 0 unspecified atom stereocenters. The van der Waals surface area contributed by atoms with Crippen molar-refractivity contribution in [3.63, 3.8) is 0 Å². The second-order valence-electron chi connectivity index (χ2n) is 4.54. The van der Waals surface area contributed by atoms with Gasteiger partial charge in [0.2, 0.25) is 0 Å². The number of halogens is 1. The van der Waals surface area contributed by atoms with Gasteiger partial charge in [0.05, 0.1) is 19.8 Å². The molecule has 9 heteroatoms. The normalized spacial score (nSPS) is 10.7. The lowest BCUT2D eigenvalue weighted by molar-refractivity contribution is 0.230. The summed E-state index contributed by atoms with van der Waals surface area (Å²) in [6.45, 7) is 4.25. The first kappa shape index (κ1) is 15.2. The molecule has 8 nitrogen and oxygen atoms in total. The molecule has 2 rings (SSSR count). The molecule has 1 aromatic carbocycles. The van der Waals surface area contributed by atoms with Gasteiger partial charge in [-0.3, -0.25) is 0 Å².